The number of benzene rings is 8. The highest BCUT2D eigenvalue weighted by Crippen LogP contribution is 2.51. The van der Waals surface area contributed by atoms with Crippen molar-refractivity contribution in [1.82, 2.24) is 14.1 Å². The van der Waals surface area contributed by atoms with E-state index in [-0.39, 0.29) is 82.0 Å². The van der Waals surface area contributed by atoms with Crippen molar-refractivity contribution >= 4 is 55.6 Å². The van der Waals surface area contributed by atoms with Crippen molar-refractivity contribution in [2.24, 2.45) is 6.98 Å². The largest absolute Gasteiger partial charge is 0.457 e. The van der Waals surface area contributed by atoms with Crippen LogP contribution in [0.4, 0.5) is 22.7 Å². The molecule has 0 amide bonds. The second-order valence-corrected chi connectivity index (χ2v) is 16.0. The van der Waals surface area contributed by atoms with Gasteiger partial charge in [0.1, 0.15) is 18.2 Å². The zero-order chi connectivity index (χ0) is 51.6. The van der Waals surface area contributed by atoms with Crippen LogP contribution in [-0.2, 0) is 12.4 Å². The number of hydrogen-bond acceptors (Lipinski definition) is 4. The molecule has 0 bridgehead atoms. The lowest BCUT2D eigenvalue weighted by molar-refractivity contribution is 0.483. The molecule has 0 N–H and O–H groups in total. The zero-order valence-corrected chi connectivity index (χ0v) is 33.6. The maximum absolute atomic E-state index is 9.89. The van der Waals surface area contributed by atoms with E-state index >= 15 is 0 Å². The lowest BCUT2D eigenvalue weighted by Crippen LogP contribution is -2.25. The van der Waals surface area contributed by atoms with Crippen LogP contribution >= 0.6 is 0 Å². The molecule has 0 radical (unpaired) electrons. The number of aryl methyl sites for hydroxylation is 1. The van der Waals surface area contributed by atoms with E-state index < -0.39 is 36.6 Å². The van der Waals surface area contributed by atoms with E-state index in [1.54, 1.807) is 42.5 Å². The van der Waals surface area contributed by atoms with Crippen molar-refractivity contribution in [3.63, 3.8) is 0 Å². The summed E-state index contributed by atoms with van der Waals surface area (Å²) in [5, 5.41) is 0.493. The number of ether oxygens (including phenoxy) is 1. The quantitative estimate of drug-likeness (QED) is 0.161. The fraction of sp³-hybridized carbons (Fsp3) is 0.109. The zero-order valence-electron chi connectivity index (χ0n) is 45.6. The summed E-state index contributed by atoms with van der Waals surface area (Å²) >= 11 is 0. The first-order chi connectivity index (χ1) is 34.8. The van der Waals surface area contributed by atoms with Crippen molar-refractivity contribution in [3.8, 4) is 39.7 Å². The Morgan fingerprint density at radius 2 is 1.28 bits per heavy atom. The Bertz CT molecular complexity index is 3840. The molecule has 1 aliphatic heterocycles. The van der Waals surface area contributed by atoms with Gasteiger partial charge in [0, 0.05) is 50.8 Å². The van der Waals surface area contributed by atoms with Crippen LogP contribution in [0, 0.1) is 0 Å². The lowest BCUT2D eigenvalue weighted by atomic mass is 9.82. The minimum atomic E-state index is -2.77. The summed E-state index contributed by atoms with van der Waals surface area (Å²) in [4.78, 5) is 8.64. The molecule has 11 rings (SSSR count). The minimum Gasteiger partial charge on any atom is -0.457 e. The molecule has 0 spiro atoms. The summed E-state index contributed by atoms with van der Waals surface area (Å²) in [5.41, 5.74) is 5.97. The molecule has 6 nitrogen and oxygen atoms in total. The molecular formula is C55H45N5O. The van der Waals surface area contributed by atoms with E-state index in [2.05, 4.69) is 0 Å². The minimum absolute atomic E-state index is 0.000596. The van der Waals surface area contributed by atoms with Gasteiger partial charge in [-0.15, -0.1) is 0 Å². The highest BCUT2D eigenvalue weighted by atomic mass is 16.5. The van der Waals surface area contributed by atoms with Crippen molar-refractivity contribution < 1.29 is 21.2 Å². The number of hydrogen-bond donors (Lipinski definition) is 0. The molecule has 0 fully saturated rings. The highest BCUT2D eigenvalue weighted by molar-refractivity contribution is 6.09. The fourth-order valence-corrected chi connectivity index (χ4v) is 8.22. The van der Waals surface area contributed by atoms with Crippen LogP contribution in [0.5, 0.6) is 11.5 Å². The summed E-state index contributed by atoms with van der Waals surface area (Å²) in [5.74, 6) is -0.0855. The second-order valence-electron chi connectivity index (χ2n) is 16.0. The maximum Gasteiger partial charge on any atom is 0.215 e. The van der Waals surface area contributed by atoms with E-state index in [0.29, 0.717) is 39.0 Å². The molecule has 0 saturated carbocycles. The third-order valence-electron chi connectivity index (χ3n) is 11.1. The number of para-hydroxylation sites is 5. The Labute approximate surface area is 373 Å². The lowest BCUT2D eigenvalue weighted by Gasteiger charge is -2.30. The number of fused-ring (bicyclic) bond motifs is 5. The van der Waals surface area contributed by atoms with Gasteiger partial charge >= 0.3 is 0 Å². The molecule has 8 aromatic carbocycles. The first-order valence-electron chi connectivity index (χ1n) is 26.0. The van der Waals surface area contributed by atoms with Gasteiger partial charge in [-0.05, 0) is 88.7 Å². The Morgan fingerprint density at radius 3 is 2.00 bits per heavy atom. The average molecular weight is 804 g/mol. The van der Waals surface area contributed by atoms with Gasteiger partial charge in [0.2, 0.25) is 5.95 Å². The summed E-state index contributed by atoms with van der Waals surface area (Å²) in [6, 6.07) is 37.6. The van der Waals surface area contributed by atoms with Gasteiger partial charge in [0.25, 0.3) is 0 Å². The molecule has 0 saturated heterocycles. The molecule has 61 heavy (non-hydrogen) atoms. The van der Waals surface area contributed by atoms with Crippen LogP contribution in [0.2, 0.25) is 0 Å². The molecule has 0 aliphatic carbocycles. The number of rotatable bonds is 7. The first-order valence-corrected chi connectivity index (χ1v) is 20.0. The number of anilines is 4. The van der Waals surface area contributed by atoms with Gasteiger partial charge in [-0.25, -0.2) is 4.98 Å². The standard InChI is InChI=1S/C55H45N5O/c1-55(2,3)39-32-45(37-18-7-5-8-19-37)53(46(33-39)38-20-9-6-10-21-38)59-36-58(50-28-15-16-29-51(50)59)40-22-17-23-41(34-40)61-42-30-31-44-43-24-11-13-26-48(43)60(52(44)35-42)54-56-47-25-12-14-27-49(47)57(54)4/h5-35H,36H2,1-4H3/i4D3,11D,13D,17D,22D,23D,24D,26D,32D,33D. The van der Waals surface area contributed by atoms with Gasteiger partial charge in [-0.2, -0.15) is 0 Å². The van der Waals surface area contributed by atoms with Gasteiger partial charge in [0.05, 0.1) is 51.5 Å². The van der Waals surface area contributed by atoms with Crippen molar-refractivity contribution in [1.29, 1.82) is 0 Å². The summed E-state index contributed by atoms with van der Waals surface area (Å²) in [7, 11) is 0. The Balaban J connectivity index is 1.09. The highest BCUT2D eigenvalue weighted by Gasteiger charge is 2.32. The molecule has 10 aromatic rings. The number of imidazole rings is 1. The molecule has 296 valence electrons. The summed E-state index contributed by atoms with van der Waals surface area (Å²) < 4.78 is 118. The second kappa shape index (κ2) is 14.3. The predicted octanol–water partition coefficient (Wildman–Crippen LogP) is 14.3. The average Bonchev–Trinajstić information content (AvgIpc) is 4.05. The SMILES string of the molecule is [2H]c1c(Oc2ccc3c4c([2H])c([2H])c([2H])c([2H])c4n(-c4nc5ccccc5n4C([2H])([2H])[2H])c3c2)cc(N2CN(c3c(-c4ccccc4)c([2H])c(C(C)(C)C)c([2H])c3-c3ccccc3)c3ccccc32)c([2H])c1[2H]. The van der Waals surface area contributed by atoms with E-state index in [9.17, 15) is 4.11 Å². The van der Waals surface area contributed by atoms with Gasteiger partial charge in [0.15, 0.2) is 0 Å². The summed E-state index contributed by atoms with van der Waals surface area (Å²) in [6.07, 6.45) is 0. The maximum atomic E-state index is 9.89. The number of nitrogens with zero attached hydrogens (tertiary/aromatic N) is 5. The van der Waals surface area contributed by atoms with E-state index in [4.69, 9.17) is 22.1 Å². The molecule has 6 heteroatoms. The number of aromatic nitrogens is 3. The van der Waals surface area contributed by atoms with Crippen LogP contribution < -0.4 is 14.5 Å². The molecule has 1 aliphatic rings. The van der Waals surface area contributed by atoms with Crippen molar-refractivity contribution in [2.45, 2.75) is 26.2 Å². The monoisotopic (exact) mass is 803 g/mol. The predicted molar refractivity (Wildman–Crippen MR) is 253 cm³/mol. The first kappa shape index (κ1) is 25.8. The van der Waals surface area contributed by atoms with Crippen LogP contribution in [-0.4, -0.2) is 20.8 Å². The fourth-order valence-electron chi connectivity index (χ4n) is 8.22. The van der Waals surface area contributed by atoms with Crippen LogP contribution in [0.3, 0.4) is 0 Å². The van der Waals surface area contributed by atoms with Crippen molar-refractivity contribution in [3.05, 3.63) is 193 Å². The van der Waals surface area contributed by atoms with Crippen LogP contribution in [0.1, 0.15) is 42.8 Å². The Hall–Kier alpha value is -7.57. The topological polar surface area (TPSA) is 38.5 Å². The molecule has 0 atom stereocenters. The Morgan fingerprint density at radius 1 is 0.607 bits per heavy atom. The summed E-state index contributed by atoms with van der Waals surface area (Å²) in [6.45, 7) is 3.33. The van der Waals surface area contributed by atoms with E-state index in [1.165, 1.54) is 10.6 Å². The molecule has 0 unspecified atom stereocenters. The molecular weight excluding hydrogens is 747 g/mol. The van der Waals surface area contributed by atoms with Gasteiger partial charge in [-0.1, -0.05) is 130 Å². The smallest absolute Gasteiger partial charge is 0.215 e. The molecule has 2 aromatic heterocycles. The Kier molecular flexibility index (Phi) is 6.06. The van der Waals surface area contributed by atoms with Crippen LogP contribution in [0.15, 0.2) is 188 Å². The van der Waals surface area contributed by atoms with E-state index in [1.807, 2.05) is 116 Å². The van der Waals surface area contributed by atoms with E-state index in [0.717, 1.165) is 21.4 Å². The van der Waals surface area contributed by atoms with Gasteiger partial charge in [-0.3, -0.25) is 4.57 Å². The third kappa shape index (κ3) is 6.22. The van der Waals surface area contributed by atoms with Crippen molar-refractivity contribution in [2.75, 3.05) is 16.5 Å². The van der Waals surface area contributed by atoms with Gasteiger partial charge < -0.3 is 19.1 Å². The molecule has 3 heterocycles. The third-order valence-corrected chi connectivity index (χ3v) is 11.1. The normalized spacial score (nSPS) is 15.8. The van der Waals surface area contributed by atoms with Crippen LogP contribution in [0.25, 0.3) is 61.0 Å².